The molecular weight excluding hydrogens is 302 g/mol. The maximum absolute atomic E-state index is 12.7. The number of nitrogens with zero attached hydrogens (tertiary/aromatic N) is 3. The minimum Gasteiger partial charge on any atom is -0.425 e. The van der Waals surface area contributed by atoms with Gasteiger partial charge in [0.25, 0.3) is 0 Å². The number of likely N-dealkylation sites (tertiary alicyclic amines) is 1. The van der Waals surface area contributed by atoms with Crippen LogP contribution < -0.4 is 0 Å². The number of carbonyl (C=O) groups is 1. The molecule has 132 valence electrons. The van der Waals surface area contributed by atoms with Crippen LogP contribution in [0.15, 0.2) is 4.42 Å². The number of piperidine rings is 1. The van der Waals surface area contributed by atoms with Gasteiger partial charge in [0, 0.05) is 24.9 Å². The van der Waals surface area contributed by atoms with Crippen LogP contribution in [-0.4, -0.2) is 34.1 Å². The highest BCUT2D eigenvalue weighted by Crippen LogP contribution is 2.35. The monoisotopic (exact) mass is 331 g/mol. The Morgan fingerprint density at radius 2 is 1.46 bits per heavy atom. The smallest absolute Gasteiger partial charge is 0.225 e. The van der Waals surface area contributed by atoms with E-state index in [1.54, 1.807) is 0 Å². The highest BCUT2D eigenvalue weighted by Gasteiger charge is 2.33. The fourth-order valence-electron chi connectivity index (χ4n) is 4.74. The van der Waals surface area contributed by atoms with Crippen molar-refractivity contribution in [3.8, 4) is 0 Å². The van der Waals surface area contributed by atoms with Crippen LogP contribution in [0.4, 0.5) is 0 Å². The maximum atomic E-state index is 12.7. The van der Waals surface area contributed by atoms with Gasteiger partial charge < -0.3 is 9.32 Å². The van der Waals surface area contributed by atoms with Gasteiger partial charge in [0.05, 0.1) is 5.92 Å². The van der Waals surface area contributed by atoms with E-state index < -0.39 is 0 Å². The zero-order valence-electron chi connectivity index (χ0n) is 14.6. The number of amides is 1. The van der Waals surface area contributed by atoms with Crippen LogP contribution in [0, 0.1) is 5.92 Å². The summed E-state index contributed by atoms with van der Waals surface area (Å²) in [6.45, 7) is 1.66. The van der Waals surface area contributed by atoms with Gasteiger partial charge in [-0.2, -0.15) is 0 Å². The van der Waals surface area contributed by atoms with E-state index in [2.05, 4.69) is 15.1 Å². The minimum absolute atomic E-state index is 0.231. The fourth-order valence-corrected chi connectivity index (χ4v) is 4.74. The second-order valence-corrected chi connectivity index (χ2v) is 7.92. The number of aromatic nitrogens is 2. The molecule has 24 heavy (non-hydrogen) atoms. The van der Waals surface area contributed by atoms with Gasteiger partial charge in [0.2, 0.25) is 17.7 Å². The van der Waals surface area contributed by atoms with Crippen LogP contribution in [0.5, 0.6) is 0 Å². The molecule has 5 nitrogen and oxygen atoms in total. The lowest BCUT2D eigenvalue weighted by atomic mass is 9.89. The summed E-state index contributed by atoms with van der Waals surface area (Å²) >= 11 is 0. The van der Waals surface area contributed by atoms with Gasteiger partial charge in [-0.1, -0.05) is 32.1 Å². The van der Waals surface area contributed by atoms with Crippen molar-refractivity contribution in [2.24, 2.45) is 5.92 Å². The minimum atomic E-state index is 0.231. The molecule has 1 unspecified atom stereocenters. The molecule has 4 rings (SSSR count). The van der Waals surface area contributed by atoms with E-state index in [1.807, 2.05) is 0 Å². The molecule has 0 radical (unpaired) electrons. The summed E-state index contributed by atoms with van der Waals surface area (Å²) < 4.78 is 6.06. The van der Waals surface area contributed by atoms with E-state index in [0.717, 1.165) is 50.6 Å². The molecule has 2 saturated carbocycles. The quantitative estimate of drug-likeness (QED) is 0.839. The Bertz CT molecular complexity index is 559. The molecule has 5 heteroatoms. The third kappa shape index (κ3) is 3.35. The largest absolute Gasteiger partial charge is 0.425 e. The van der Waals surface area contributed by atoms with Crippen LogP contribution in [-0.2, 0) is 4.79 Å². The van der Waals surface area contributed by atoms with Gasteiger partial charge in [0.1, 0.15) is 0 Å². The summed E-state index contributed by atoms with van der Waals surface area (Å²) in [5.74, 6) is 2.92. The van der Waals surface area contributed by atoms with Gasteiger partial charge in [-0.05, 0) is 38.5 Å². The Hall–Kier alpha value is -1.39. The van der Waals surface area contributed by atoms with Crippen LogP contribution in [0.3, 0.4) is 0 Å². The Labute approximate surface area is 144 Å². The van der Waals surface area contributed by atoms with Crippen molar-refractivity contribution in [1.82, 2.24) is 15.1 Å². The first-order valence-corrected chi connectivity index (χ1v) is 9.93. The summed E-state index contributed by atoms with van der Waals surface area (Å²) in [6.07, 6.45) is 12.9. The van der Waals surface area contributed by atoms with Crippen molar-refractivity contribution >= 4 is 5.91 Å². The average molecular weight is 331 g/mol. The summed E-state index contributed by atoms with van der Waals surface area (Å²) in [5.41, 5.74) is 0. The van der Waals surface area contributed by atoms with Gasteiger partial charge in [-0.15, -0.1) is 10.2 Å². The Kier molecular flexibility index (Phi) is 4.86. The molecule has 1 amide bonds. The van der Waals surface area contributed by atoms with E-state index in [0.29, 0.717) is 11.8 Å². The molecule has 0 N–H and O–H groups in total. The summed E-state index contributed by atoms with van der Waals surface area (Å²) in [7, 11) is 0. The van der Waals surface area contributed by atoms with Crippen molar-refractivity contribution in [3.63, 3.8) is 0 Å². The fraction of sp³-hybridized carbons (Fsp3) is 0.842. The van der Waals surface area contributed by atoms with Crippen LogP contribution in [0.1, 0.15) is 94.2 Å². The second-order valence-electron chi connectivity index (χ2n) is 7.92. The second kappa shape index (κ2) is 7.24. The summed E-state index contributed by atoms with van der Waals surface area (Å²) in [5, 5.41) is 8.69. The van der Waals surface area contributed by atoms with Crippen molar-refractivity contribution in [3.05, 3.63) is 11.8 Å². The lowest BCUT2D eigenvalue weighted by Crippen LogP contribution is -2.41. The zero-order chi connectivity index (χ0) is 16.4. The van der Waals surface area contributed by atoms with E-state index >= 15 is 0 Å². The van der Waals surface area contributed by atoms with Crippen molar-refractivity contribution in [1.29, 1.82) is 0 Å². The first kappa shape index (κ1) is 16.1. The van der Waals surface area contributed by atoms with E-state index in [9.17, 15) is 4.79 Å². The SMILES string of the molecule is O=C(C1CCCC1)N1CCCC(c2nnc(C3CCCCC3)o2)C1. The third-order valence-corrected chi connectivity index (χ3v) is 6.20. The van der Waals surface area contributed by atoms with Gasteiger partial charge >= 0.3 is 0 Å². The summed E-state index contributed by atoms with van der Waals surface area (Å²) in [6, 6.07) is 0. The van der Waals surface area contributed by atoms with Gasteiger partial charge in [-0.3, -0.25) is 4.79 Å². The zero-order valence-corrected chi connectivity index (χ0v) is 14.6. The first-order chi connectivity index (χ1) is 11.8. The molecule has 1 atom stereocenters. The van der Waals surface area contributed by atoms with Crippen molar-refractivity contribution < 1.29 is 9.21 Å². The predicted molar refractivity (Wildman–Crippen MR) is 90.6 cm³/mol. The van der Waals surface area contributed by atoms with Crippen molar-refractivity contribution in [2.45, 2.75) is 82.5 Å². The first-order valence-electron chi connectivity index (χ1n) is 9.93. The Morgan fingerprint density at radius 3 is 2.21 bits per heavy atom. The van der Waals surface area contributed by atoms with E-state index in [4.69, 9.17) is 4.42 Å². The lowest BCUT2D eigenvalue weighted by molar-refractivity contribution is -0.136. The normalized spacial score (nSPS) is 26.8. The molecule has 1 aromatic heterocycles. The molecule has 0 spiro atoms. The van der Waals surface area contributed by atoms with Gasteiger partial charge in [0.15, 0.2) is 0 Å². The standard InChI is InChI=1S/C19H29N3O2/c23-19(15-9-4-5-10-15)22-12-6-11-16(13-22)18-21-20-17(24-18)14-7-2-1-3-8-14/h14-16H,1-13H2. The highest BCUT2D eigenvalue weighted by atomic mass is 16.4. The van der Waals surface area contributed by atoms with E-state index in [-0.39, 0.29) is 11.8 Å². The molecule has 1 aliphatic heterocycles. The lowest BCUT2D eigenvalue weighted by Gasteiger charge is -2.33. The summed E-state index contributed by atoms with van der Waals surface area (Å²) in [4.78, 5) is 14.8. The van der Waals surface area contributed by atoms with Crippen LogP contribution in [0.2, 0.25) is 0 Å². The predicted octanol–water partition coefficient (Wildman–Crippen LogP) is 4.01. The molecule has 2 aliphatic carbocycles. The molecular formula is C19H29N3O2. The highest BCUT2D eigenvalue weighted by molar-refractivity contribution is 5.79. The molecule has 2 heterocycles. The Balaban J connectivity index is 1.40. The Morgan fingerprint density at radius 1 is 0.833 bits per heavy atom. The topological polar surface area (TPSA) is 59.2 Å². The number of rotatable bonds is 3. The van der Waals surface area contributed by atoms with Crippen LogP contribution in [0.25, 0.3) is 0 Å². The molecule has 0 bridgehead atoms. The van der Waals surface area contributed by atoms with E-state index in [1.165, 1.54) is 44.9 Å². The molecule has 1 aromatic rings. The number of hydrogen-bond acceptors (Lipinski definition) is 4. The van der Waals surface area contributed by atoms with Crippen molar-refractivity contribution in [2.75, 3.05) is 13.1 Å². The molecule has 1 saturated heterocycles. The van der Waals surface area contributed by atoms with Gasteiger partial charge in [-0.25, -0.2) is 0 Å². The molecule has 3 aliphatic rings. The maximum Gasteiger partial charge on any atom is 0.225 e. The third-order valence-electron chi connectivity index (χ3n) is 6.20. The number of carbonyl (C=O) groups excluding carboxylic acids is 1. The molecule has 0 aromatic carbocycles. The number of hydrogen-bond donors (Lipinski definition) is 0. The average Bonchev–Trinajstić information content (AvgIpc) is 3.34. The van der Waals surface area contributed by atoms with Crippen LogP contribution >= 0.6 is 0 Å². The molecule has 3 fully saturated rings.